The fourth-order valence-corrected chi connectivity index (χ4v) is 3.25. The van der Waals surface area contributed by atoms with Crippen LogP contribution in [0.4, 0.5) is 0 Å². The Kier molecular flexibility index (Phi) is 6.86. The zero-order chi connectivity index (χ0) is 14.9. The number of aromatic nitrogens is 1. The quantitative estimate of drug-likeness (QED) is 0.719. The normalized spacial score (nSPS) is 11.0. The molecule has 0 saturated carbocycles. The molecule has 4 heteroatoms. The Hall–Kier alpha value is -1.23. The predicted octanol–water partition coefficient (Wildman–Crippen LogP) is 3.57. The van der Waals surface area contributed by atoms with Gasteiger partial charge in [0.05, 0.1) is 17.3 Å². The highest BCUT2D eigenvalue weighted by Gasteiger charge is 2.10. The molecular formula is C17H24N2OS. The summed E-state index contributed by atoms with van der Waals surface area (Å²) in [7, 11) is 1.73. The molecule has 0 aliphatic rings. The lowest BCUT2D eigenvalue weighted by molar-refractivity contribution is 0.181. The number of aryl methyl sites for hydroxylation is 2. The highest BCUT2D eigenvalue weighted by Crippen LogP contribution is 2.21. The molecule has 1 aromatic heterocycles. The van der Waals surface area contributed by atoms with Crippen molar-refractivity contribution in [1.82, 2.24) is 10.3 Å². The highest BCUT2D eigenvalue weighted by molar-refractivity contribution is 7.11. The van der Waals surface area contributed by atoms with Gasteiger partial charge in [0.25, 0.3) is 0 Å². The first-order valence-corrected chi connectivity index (χ1v) is 8.36. The molecule has 1 N–H and O–H groups in total. The van der Waals surface area contributed by atoms with Crippen LogP contribution in [0.1, 0.15) is 34.5 Å². The summed E-state index contributed by atoms with van der Waals surface area (Å²) in [4.78, 5) is 6.06. The average molecular weight is 304 g/mol. The molecule has 1 aromatic carbocycles. The molecule has 2 rings (SSSR count). The zero-order valence-corrected chi connectivity index (χ0v) is 13.7. The van der Waals surface area contributed by atoms with Gasteiger partial charge in [-0.1, -0.05) is 37.3 Å². The Balaban J connectivity index is 1.97. The van der Waals surface area contributed by atoms with E-state index in [2.05, 4.69) is 42.6 Å². The summed E-state index contributed by atoms with van der Waals surface area (Å²) < 4.78 is 5.27. The Labute approximate surface area is 131 Å². The Morgan fingerprint density at radius 2 is 2.00 bits per heavy atom. The molecule has 0 saturated heterocycles. The van der Waals surface area contributed by atoms with Crippen LogP contribution in [0.15, 0.2) is 30.3 Å². The van der Waals surface area contributed by atoms with Gasteiger partial charge >= 0.3 is 0 Å². The lowest BCUT2D eigenvalue weighted by Gasteiger charge is -2.02. The van der Waals surface area contributed by atoms with E-state index in [9.17, 15) is 0 Å². The number of methoxy groups -OCH3 is 1. The van der Waals surface area contributed by atoms with Crippen LogP contribution < -0.4 is 5.32 Å². The van der Waals surface area contributed by atoms with E-state index in [0.717, 1.165) is 38.0 Å². The number of benzene rings is 1. The SMILES string of the molecule is CCCNCc1sc(CCc2ccccc2)nc1COC. The first-order chi connectivity index (χ1) is 10.3. The monoisotopic (exact) mass is 304 g/mol. The molecule has 0 amide bonds. The number of thiazole rings is 1. The second-order valence-corrected chi connectivity index (χ2v) is 6.24. The van der Waals surface area contributed by atoms with E-state index >= 15 is 0 Å². The van der Waals surface area contributed by atoms with Crippen LogP contribution in [0.5, 0.6) is 0 Å². The van der Waals surface area contributed by atoms with Gasteiger partial charge in [0.15, 0.2) is 0 Å². The van der Waals surface area contributed by atoms with Gasteiger partial charge in [-0.3, -0.25) is 0 Å². The molecule has 114 valence electrons. The number of rotatable bonds is 9. The number of hydrogen-bond acceptors (Lipinski definition) is 4. The summed E-state index contributed by atoms with van der Waals surface area (Å²) in [5.41, 5.74) is 2.46. The van der Waals surface area contributed by atoms with Crippen molar-refractivity contribution < 1.29 is 4.74 Å². The summed E-state index contributed by atoms with van der Waals surface area (Å²) in [5.74, 6) is 0. The molecule has 2 aromatic rings. The molecule has 0 aliphatic carbocycles. The van der Waals surface area contributed by atoms with E-state index in [-0.39, 0.29) is 0 Å². The topological polar surface area (TPSA) is 34.2 Å². The molecule has 0 spiro atoms. The zero-order valence-electron chi connectivity index (χ0n) is 12.9. The van der Waals surface area contributed by atoms with Crippen molar-refractivity contribution in [3.63, 3.8) is 0 Å². The minimum Gasteiger partial charge on any atom is -0.378 e. The first kappa shape index (κ1) is 16.1. The maximum absolute atomic E-state index is 5.27. The van der Waals surface area contributed by atoms with E-state index in [1.807, 2.05) is 11.3 Å². The number of hydrogen-bond donors (Lipinski definition) is 1. The number of ether oxygens (including phenoxy) is 1. The van der Waals surface area contributed by atoms with Gasteiger partial charge in [-0.15, -0.1) is 11.3 Å². The van der Waals surface area contributed by atoms with Crippen molar-refractivity contribution in [3.05, 3.63) is 51.5 Å². The molecular weight excluding hydrogens is 280 g/mol. The summed E-state index contributed by atoms with van der Waals surface area (Å²) >= 11 is 1.82. The molecule has 0 fully saturated rings. The molecule has 3 nitrogen and oxygen atoms in total. The van der Waals surface area contributed by atoms with Gasteiger partial charge < -0.3 is 10.1 Å². The fourth-order valence-electron chi connectivity index (χ4n) is 2.21. The van der Waals surface area contributed by atoms with E-state index in [1.165, 1.54) is 15.4 Å². The largest absolute Gasteiger partial charge is 0.378 e. The molecule has 0 unspecified atom stereocenters. The maximum atomic E-state index is 5.27. The summed E-state index contributed by atoms with van der Waals surface area (Å²) in [6, 6.07) is 10.6. The lowest BCUT2D eigenvalue weighted by atomic mass is 10.1. The van der Waals surface area contributed by atoms with Gasteiger partial charge in [0, 0.05) is 25.0 Å². The molecule has 21 heavy (non-hydrogen) atoms. The van der Waals surface area contributed by atoms with Crippen molar-refractivity contribution in [2.24, 2.45) is 0 Å². The van der Waals surface area contributed by atoms with Crippen LogP contribution in [0.25, 0.3) is 0 Å². The standard InChI is InChI=1S/C17H24N2OS/c1-3-11-18-12-16-15(13-20-2)19-17(21-16)10-9-14-7-5-4-6-8-14/h4-8,18H,3,9-13H2,1-2H3. The maximum Gasteiger partial charge on any atom is 0.0936 e. The molecule has 0 aliphatic heterocycles. The third kappa shape index (κ3) is 5.23. The van der Waals surface area contributed by atoms with Gasteiger partial charge in [0.2, 0.25) is 0 Å². The molecule has 0 atom stereocenters. The molecule has 1 heterocycles. The second-order valence-electron chi connectivity index (χ2n) is 5.07. The van der Waals surface area contributed by atoms with Crippen LogP contribution in [0, 0.1) is 0 Å². The first-order valence-electron chi connectivity index (χ1n) is 7.54. The van der Waals surface area contributed by atoms with Crippen molar-refractivity contribution in [3.8, 4) is 0 Å². The average Bonchev–Trinajstić information content (AvgIpc) is 2.89. The van der Waals surface area contributed by atoms with Crippen LogP contribution in [0.3, 0.4) is 0 Å². The minimum atomic E-state index is 0.602. The van der Waals surface area contributed by atoms with E-state index in [0.29, 0.717) is 6.61 Å². The van der Waals surface area contributed by atoms with Crippen LogP contribution in [0.2, 0.25) is 0 Å². The third-order valence-electron chi connectivity index (χ3n) is 3.29. The predicted molar refractivity (Wildman–Crippen MR) is 88.7 cm³/mol. The summed E-state index contributed by atoms with van der Waals surface area (Å²) in [6.45, 7) is 4.73. The fraction of sp³-hybridized carbons (Fsp3) is 0.471. The van der Waals surface area contributed by atoms with Gasteiger partial charge in [-0.2, -0.15) is 0 Å². The van der Waals surface area contributed by atoms with Gasteiger partial charge in [-0.25, -0.2) is 4.98 Å². The van der Waals surface area contributed by atoms with Gasteiger partial charge in [-0.05, 0) is 24.9 Å². The number of nitrogens with zero attached hydrogens (tertiary/aromatic N) is 1. The van der Waals surface area contributed by atoms with Crippen LogP contribution in [-0.4, -0.2) is 18.6 Å². The van der Waals surface area contributed by atoms with Gasteiger partial charge in [0.1, 0.15) is 0 Å². The van der Waals surface area contributed by atoms with E-state index in [4.69, 9.17) is 9.72 Å². The lowest BCUT2D eigenvalue weighted by Crippen LogP contribution is -2.14. The minimum absolute atomic E-state index is 0.602. The van der Waals surface area contributed by atoms with Crippen molar-refractivity contribution in [2.75, 3.05) is 13.7 Å². The van der Waals surface area contributed by atoms with E-state index in [1.54, 1.807) is 7.11 Å². The van der Waals surface area contributed by atoms with Crippen LogP contribution in [-0.2, 0) is 30.7 Å². The molecule has 0 radical (unpaired) electrons. The smallest absolute Gasteiger partial charge is 0.0936 e. The van der Waals surface area contributed by atoms with E-state index < -0.39 is 0 Å². The Morgan fingerprint density at radius 1 is 1.19 bits per heavy atom. The number of nitrogens with one attached hydrogen (secondary N) is 1. The Bertz CT molecular complexity index is 525. The highest BCUT2D eigenvalue weighted by atomic mass is 32.1. The van der Waals surface area contributed by atoms with Crippen molar-refractivity contribution in [1.29, 1.82) is 0 Å². The summed E-state index contributed by atoms with van der Waals surface area (Å²) in [5, 5.41) is 4.66. The summed E-state index contributed by atoms with van der Waals surface area (Å²) in [6.07, 6.45) is 3.20. The van der Waals surface area contributed by atoms with Crippen molar-refractivity contribution in [2.45, 2.75) is 39.3 Å². The van der Waals surface area contributed by atoms with Crippen LogP contribution >= 0.6 is 11.3 Å². The van der Waals surface area contributed by atoms with Crippen molar-refractivity contribution >= 4 is 11.3 Å². The third-order valence-corrected chi connectivity index (χ3v) is 4.44. The molecule has 0 bridgehead atoms. The second kappa shape index (κ2) is 8.93. The Morgan fingerprint density at radius 3 is 2.71 bits per heavy atom.